The SMILES string of the molecule is CCC(c1ccc(Cl)cc1)n1ncc(Cl)c1N. The first kappa shape index (κ1) is 12.3. The normalized spacial score (nSPS) is 12.6. The number of benzene rings is 1. The minimum absolute atomic E-state index is 0.0831. The highest BCUT2D eigenvalue weighted by Gasteiger charge is 2.16. The number of hydrogen-bond donors (Lipinski definition) is 1. The van der Waals surface area contributed by atoms with Gasteiger partial charge in [0.2, 0.25) is 0 Å². The number of hydrogen-bond acceptors (Lipinski definition) is 2. The summed E-state index contributed by atoms with van der Waals surface area (Å²) in [6.07, 6.45) is 2.44. The van der Waals surface area contributed by atoms with E-state index in [1.54, 1.807) is 10.9 Å². The van der Waals surface area contributed by atoms with E-state index in [4.69, 9.17) is 28.9 Å². The number of nitrogens with two attached hydrogens (primary N) is 1. The van der Waals surface area contributed by atoms with Crippen molar-refractivity contribution in [3.05, 3.63) is 46.1 Å². The topological polar surface area (TPSA) is 43.8 Å². The zero-order chi connectivity index (χ0) is 12.4. The lowest BCUT2D eigenvalue weighted by Crippen LogP contribution is -2.13. The van der Waals surface area contributed by atoms with Crippen LogP contribution in [-0.4, -0.2) is 9.78 Å². The third-order valence-electron chi connectivity index (χ3n) is 2.72. The van der Waals surface area contributed by atoms with Crippen LogP contribution in [0.5, 0.6) is 0 Å². The number of anilines is 1. The van der Waals surface area contributed by atoms with Crippen molar-refractivity contribution >= 4 is 29.0 Å². The van der Waals surface area contributed by atoms with Crippen LogP contribution in [0.2, 0.25) is 10.0 Å². The molecule has 3 nitrogen and oxygen atoms in total. The second-order valence-electron chi connectivity index (χ2n) is 3.80. The Kier molecular flexibility index (Phi) is 3.60. The molecule has 2 rings (SSSR count). The molecule has 1 heterocycles. The van der Waals surface area contributed by atoms with Gasteiger partial charge in [-0.1, -0.05) is 42.3 Å². The van der Waals surface area contributed by atoms with Crippen molar-refractivity contribution in [1.29, 1.82) is 0 Å². The molecule has 0 amide bonds. The molecule has 1 atom stereocenters. The molecule has 0 spiro atoms. The highest BCUT2D eigenvalue weighted by molar-refractivity contribution is 6.32. The van der Waals surface area contributed by atoms with Gasteiger partial charge in [-0.05, 0) is 24.1 Å². The van der Waals surface area contributed by atoms with E-state index >= 15 is 0 Å². The van der Waals surface area contributed by atoms with Crippen molar-refractivity contribution in [3.8, 4) is 0 Å². The van der Waals surface area contributed by atoms with Gasteiger partial charge in [-0.2, -0.15) is 5.10 Å². The Balaban J connectivity index is 2.40. The molecular weight excluding hydrogens is 257 g/mol. The zero-order valence-electron chi connectivity index (χ0n) is 9.40. The number of rotatable bonds is 3. The van der Waals surface area contributed by atoms with Gasteiger partial charge < -0.3 is 5.73 Å². The van der Waals surface area contributed by atoms with Crippen LogP contribution in [0.15, 0.2) is 30.5 Å². The average molecular weight is 270 g/mol. The highest BCUT2D eigenvalue weighted by atomic mass is 35.5. The minimum atomic E-state index is 0.0831. The molecule has 5 heteroatoms. The molecule has 0 aliphatic rings. The van der Waals surface area contributed by atoms with Gasteiger partial charge in [-0.25, -0.2) is 4.68 Å². The van der Waals surface area contributed by atoms with Gasteiger partial charge in [-0.15, -0.1) is 0 Å². The Bertz CT molecular complexity index is 505. The first-order chi connectivity index (χ1) is 8.13. The van der Waals surface area contributed by atoms with E-state index in [0.29, 0.717) is 10.8 Å². The van der Waals surface area contributed by atoms with Crippen LogP contribution in [0.3, 0.4) is 0 Å². The number of nitrogens with zero attached hydrogens (tertiary/aromatic N) is 2. The van der Waals surface area contributed by atoms with E-state index in [2.05, 4.69) is 12.0 Å². The number of aromatic nitrogens is 2. The molecule has 0 fully saturated rings. The van der Waals surface area contributed by atoms with Crippen molar-refractivity contribution in [2.45, 2.75) is 19.4 Å². The second kappa shape index (κ2) is 4.98. The van der Waals surface area contributed by atoms with Crippen LogP contribution in [-0.2, 0) is 0 Å². The van der Waals surface area contributed by atoms with Crippen LogP contribution >= 0.6 is 23.2 Å². The predicted octanol–water partition coefficient (Wildman–Crippen LogP) is 3.77. The molecule has 0 radical (unpaired) electrons. The van der Waals surface area contributed by atoms with Crippen LogP contribution in [0.25, 0.3) is 0 Å². The first-order valence-corrected chi connectivity index (χ1v) is 6.13. The third-order valence-corrected chi connectivity index (χ3v) is 3.27. The van der Waals surface area contributed by atoms with Gasteiger partial charge in [0.25, 0.3) is 0 Å². The van der Waals surface area contributed by atoms with Gasteiger partial charge in [0.1, 0.15) is 10.8 Å². The maximum Gasteiger partial charge on any atom is 0.141 e. The van der Waals surface area contributed by atoms with Gasteiger partial charge in [0, 0.05) is 5.02 Å². The molecule has 0 bridgehead atoms. The molecule has 1 unspecified atom stereocenters. The van der Waals surface area contributed by atoms with Gasteiger partial charge in [0.15, 0.2) is 0 Å². The first-order valence-electron chi connectivity index (χ1n) is 5.37. The molecule has 1 aromatic heterocycles. The summed E-state index contributed by atoms with van der Waals surface area (Å²) in [7, 11) is 0. The molecule has 2 aromatic rings. The molecule has 0 aliphatic carbocycles. The molecule has 2 N–H and O–H groups in total. The summed E-state index contributed by atoms with van der Waals surface area (Å²) in [5.41, 5.74) is 7.00. The van der Waals surface area contributed by atoms with Crippen molar-refractivity contribution < 1.29 is 0 Å². The molecule has 90 valence electrons. The Morgan fingerprint density at radius 1 is 1.29 bits per heavy atom. The van der Waals surface area contributed by atoms with Crippen LogP contribution < -0.4 is 5.73 Å². The molecule has 1 aromatic carbocycles. The summed E-state index contributed by atoms with van der Waals surface area (Å²) >= 11 is 11.8. The molecule has 0 saturated heterocycles. The summed E-state index contributed by atoms with van der Waals surface area (Å²) < 4.78 is 1.74. The maximum atomic E-state index is 5.91. The van der Waals surface area contributed by atoms with Crippen LogP contribution in [0.4, 0.5) is 5.82 Å². The monoisotopic (exact) mass is 269 g/mol. The van der Waals surface area contributed by atoms with Gasteiger partial charge in [-0.3, -0.25) is 0 Å². The third kappa shape index (κ3) is 2.40. The molecule has 0 aliphatic heterocycles. The van der Waals surface area contributed by atoms with E-state index in [0.717, 1.165) is 17.0 Å². The van der Waals surface area contributed by atoms with Crippen molar-refractivity contribution in [2.24, 2.45) is 0 Å². The molecule has 17 heavy (non-hydrogen) atoms. The maximum absolute atomic E-state index is 5.91. The quantitative estimate of drug-likeness (QED) is 0.922. The Labute approximate surface area is 110 Å². The van der Waals surface area contributed by atoms with Crippen LogP contribution in [0.1, 0.15) is 24.9 Å². The minimum Gasteiger partial charge on any atom is -0.383 e. The molecular formula is C12H13Cl2N3. The summed E-state index contributed by atoms with van der Waals surface area (Å²) in [6.45, 7) is 2.08. The number of nitrogen functional groups attached to an aromatic ring is 1. The fraction of sp³-hybridized carbons (Fsp3) is 0.250. The van der Waals surface area contributed by atoms with Crippen molar-refractivity contribution in [3.63, 3.8) is 0 Å². The Hall–Kier alpha value is -1.19. The average Bonchev–Trinajstić information content (AvgIpc) is 2.65. The van der Waals surface area contributed by atoms with E-state index in [1.165, 1.54) is 0 Å². The van der Waals surface area contributed by atoms with Crippen LogP contribution in [0, 0.1) is 0 Å². The van der Waals surface area contributed by atoms with E-state index < -0.39 is 0 Å². The standard InChI is InChI=1S/C12H13Cl2N3/c1-2-11(8-3-5-9(13)6-4-8)17-12(15)10(14)7-16-17/h3-7,11H,2,15H2,1H3. The van der Waals surface area contributed by atoms with Gasteiger partial charge >= 0.3 is 0 Å². The fourth-order valence-electron chi connectivity index (χ4n) is 1.83. The molecule has 0 saturated carbocycles. The number of halogens is 2. The summed E-state index contributed by atoms with van der Waals surface area (Å²) in [4.78, 5) is 0. The lowest BCUT2D eigenvalue weighted by Gasteiger charge is -2.17. The Morgan fingerprint density at radius 2 is 1.94 bits per heavy atom. The smallest absolute Gasteiger partial charge is 0.141 e. The second-order valence-corrected chi connectivity index (χ2v) is 4.64. The van der Waals surface area contributed by atoms with E-state index in [-0.39, 0.29) is 6.04 Å². The lowest BCUT2D eigenvalue weighted by atomic mass is 10.1. The van der Waals surface area contributed by atoms with Crippen molar-refractivity contribution in [1.82, 2.24) is 9.78 Å². The summed E-state index contributed by atoms with van der Waals surface area (Å²) in [6, 6.07) is 7.76. The predicted molar refractivity (Wildman–Crippen MR) is 71.5 cm³/mol. The lowest BCUT2D eigenvalue weighted by molar-refractivity contribution is 0.516. The van der Waals surface area contributed by atoms with E-state index in [9.17, 15) is 0 Å². The summed E-state index contributed by atoms with van der Waals surface area (Å²) in [5.74, 6) is 0.494. The highest BCUT2D eigenvalue weighted by Crippen LogP contribution is 2.28. The largest absolute Gasteiger partial charge is 0.383 e. The fourth-order valence-corrected chi connectivity index (χ4v) is 2.09. The Morgan fingerprint density at radius 3 is 2.41 bits per heavy atom. The van der Waals surface area contributed by atoms with Gasteiger partial charge in [0.05, 0.1) is 12.2 Å². The summed E-state index contributed by atoms with van der Waals surface area (Å²) in [5, 5.41) is 5.41. The van der Waals surface area contributed by atoms with E-state index in [1.807, 2.05) is 24.3 Å². The van der Waals surface area contributed by atoms with Crippen molar-refractivity contribution in [2.75, 3.05) is 5.73 Å². The zero-order valence-corrected chi connectivity index (χ0v) is 10.9.